The van der Waals surface area contributed by atoms with Crippen LogP contribution in [0.3, 0.4) is 0 Å². The number of amides is 1. The van der Waals surface area contributed by atoms with Gasteiger partial charge in [-0.3, -0.25) is 14.4 Å². The lowest BCUT2D eigenvalue weighted by Gasteiger charge is -2.47. The van der Waals surface area contributed by atoms with Gasteiger partial charge in [0, 0.05) is 12.6 Å². The van der Waals surface area contributed by atoms with Gasteiger partial charge in [-0.15, -0.1) is 0 Å². The maximum Gasteiger partial charge on any atom is 0.587 e. The van der Waals surface area contributed by atoms with Crippen LogP contribution in [-0.4, -0.2) is 76.6 Å². The van der Waals surface area contributed by atoms with E-state index in [1.807, 2.05) is 44.2 Å². The fourth-order valence-electron chi connectivity index (χ4n) is 5.94. The Morgan fingerprint density at radius 3 is 2.44 bits per heavy atom. The van der Waals surface area contributed by atoms with Crippen molar-refractivity contribution in [1.29, 1.82) is 0 Å². The number of hydrogen-bond donors (Lipinski definition) is 2. The Morgan fingerprint density at radius 2 is 1.79 bits per heavy atom. The van der Waals surface area contributed by atoms with Gasteiger partial charge in [0.15, 0.2) is 5.78 Å². The van der Waals surface area contributed by atoms with E-state index in [4.69, 9.17) is 9.31 Å². The summed E-state index contributed by atoms with van der Waals surface area (Å²) in [6.45, 7) is 4.49. The summed E-state index contributed by atoms with van der Waals surface area (Å²) in [7, 11) is 1.75. The zero-order valence-electron chi connectivity index (χ0n) is 23.0. The molecule has 6 atom stereocenters. The fourth-order valence-corrected chi connectivity index (χ4v) is 5.94. The highest BCUT2D eigenvalue weighted by Crippen LogP contribution is 2.48. The fraction of sp³-hybridized carbons (Fsp3) is 0.464. The molecule has 0 aliphatic carbocycles. The molecule has 1 aromatic heterocycles. The zero-order valence-corrected chi connectivity index (χ0v) is 23.0. The number of ketones is 1. The van der Waals surface area contributed by atoms with Crippen LogP contribution in [0.4, 0.5) is 0 Å². The molecule has 39 heavy (non-hydrogen) atoms. The minimum absolute atomic E-state index is 0.0321. The molecule has 2 fully saturated rings. The predicted molar refractivity (Wildman–Crippen MR) is 144 cm³/mol. The van der Waals surface area contributed by atoms with Crippen molar-refractivity contribution in [3.05, 3.63) is 54.2 Å². The summed E-state index contributed by atoms with van der Waals surface area (Å²) in [6, 6.07) is 12.5. The minimum atomic E-state index is -2.52. The number of aromatic nitrogens is 1. The van der Waals surface area contributed by atoms with Crippen LogP contribution in [0.5, 0.6) is 0 Å². The second-order valence-electron chi connectivity index (χ2n) is 11.4. The normalized spacial score (nSPS) is 26.4. The molecule has 4 rings (SSSR count). The van der Waals surface area contributed by atoms with Gasteiger partial charge in [-0.2, -0.15) is 0 Å². The molecule has 2 N–H and O–H groups in total. The molecule has 2 saturated heterocycles. The SMILES string of the molecule is CC(C)C[C@H](CC(=O)[C@@H](NC(=O)c1cccc(-c2ccccc2)n1)[C@@H](C)O)[B-]12OC(=O)C[N+]1(C)[C@H](C)C(=O)O2. The van der Waals surface area contributed by atoms with Gasteiger partial charge in [0.25, 0.3) is 5.91 Å². The van der Waals surface area contributed by atoms with Crippen LogP contribution >= 0.6 is 0 Å². The van der Waals surface area contributed by atoms with Crippen molar-refractivity contribution in [2.75, 3.05) is 13.6 Å². The van der Waals surface area contributed by atoms with Crippen molar-refractivity contribution in [3.8, 4) is 11.3 Å². The maximum absolute atomic E-state index is 13.6. The number of pyridine rings is 1. The van der Waals surface area contributed by atoms with Crippen molar-refractivity contribution < 1.29 is 38.0 Å². The number of fused-ring (bicyclic) bond motifs is 1. The molecule has 2 aromatic rings. The molecule has 0 spiro atoms. The van der Waals surface area contributed by atoms with Crippen LogP contribution in [0, 0.1) is 5.92 Å². The number of aliphatic hydroxyl groups is 1. The molecule has 3 heterocycles. The lowest BCUT2D eigenvalue weighted by atomic mass is 9.51. The highest BCUT2D eigenvalue weighted by atomic mass is 16.7. The van der Waals surface area contributed by atoms with E-state index >= 15 is 0 Å². The summed E-state index contributed by atoms with van der Waals surface area (Å²) < 4.78 is 11.5. The van der Waals surface area contributed by atoms with Crippen LogP contribution in [0.25, 0.3) is 11.3 Å². The zero-order chi connectivity index (χ0) is 28.5. The molecule has 208 valence electrons. The number of carbonyl (C=O) groups excluding carboxylic acids is 4. The molecular formula is C28H36BN3O7. The lowest BCUT2D eigenvalue weighted by Crippen LogP contribution is -2.65. The summed E-state index contributed by atoms with van der Waals surface area (Å²) in [5.41, 5.74) is 1.53. The Kier molecular flexibility index (Phi) is 7.95. The van der Waals surface area contributed by atoms with Gasteiger partial charge in [-0.25, -0.2) is 9.78 Å². The number of likely N-dealkylation sites (N-methyl/N-ethyl adjacent to an activating group) is 1. The molecule has 2 unspecified atom stereocenters. The number of hydrogen-bond acceptors (Lipinski definition) is 8. The summed E-state index contributed by atoms with van der Waals surface area (Å²) in [4.78, 5) is 56.4. The minimum Gasteiger partial charge on any atom is -0.600 e. The monoisotopic (exact) mass is 537 g/mol. The number of carbonyl (C=O) groups is 4. The number of rotatable bonds is 10. The highest BCUT2D eigenvalue weighted by Gasteiger charge is 2.71. The summed E-state index contributed by atoms with van der Waals surface area (Å²) in [5, 5.41) is 13.1. The van der Waals surface area contributed by atoms with Gasteiger partial charge in [0.2, 0.25) is 0 Å². The molecule has 10 nitrogen and oxygen atoms in total. The molecule has 1 aromatic carbocycles. The number of aliphatic hydroxyl groups excluding tert-OH is 1. The average Bonchev–Trinajstić information content (AvgIpc) is 3.25. The van der Waals surface area contributed by atoms with E-state index in [0.717, 1.165) is 5.56 Å². The van der Waals surface area contributed by atoms with E-state index in [9.17, 15) is 24.3 Å². The van der Waals surface area contributed by atoms with Crippen molar-refractivity contribution >= 4 is 30.3 Å². The van der Waals surface area contributed by atoms with Gasteiger partial charge >= 0.3 is 18.6 Å². The third-order valence-electron chi connectivity index (χ3n) is 8.10. The number of nitrogens with zero attached hydrogens (tertiary/aromatic N) is 2. The summed E-state index contributed by atoms with van der Waals surface area (Å²) >= 11 is 0. The van der Waals surface area contributed by atoms with Crippen LogP contribution in [0.2, 0.25) is 5.82 Å². The second kappa shape index (κ2) is 10.9. The highest BCUT2D eigenvalue weighted by molar-refractivity contribution is 6.68. The first-order valence-corrected chi connectivity index (χ1v) is 13.4. The van der Waals surface area contributed by atoms with E-state index in [0.29, 0.717) is 12.1 Å². The summed E-state index contributed by atoms with van der Waals surface area (Å²) in [5.74, 6) is -2.56. The molecule has 0 radical (unpaired) electrons. The smallest absolute Gasteiger partial charge is 0.587 e. The lowest BCUT2D eigenvalue weighted by molar-refractivity contribution is -0.817. The largest absolute Gasteiger partial charge is 0.600 e. The Morgan fingerprint density at radius 1 is 1.10 bits per heavy atom. The average molecular weight is 537 g/mol. The van der Waals surface area contributed by atoms with E-state index in [-0.39, 0.29) is 29.0 Å². The quantitative estimate of drug-likeness (QED) is 0.442. The Bertz CT molecular complexity index is 1270. The number of quaternary nitrogens is 1. The standard InChI is InChI=1S/C28H36BN3O7/c1-17(2)14-21(29-32(5,16-25(35)38-29)18(3)28(37)39-29)15-24(34)26(19(4)33)31-27(36)23-13-9-12-22(30-23)20-10-7-6-8-11-20/h6-13,17-19,21,26,33H,14-16H2,1-5H3,(H,31,36)/t18-,19-,21-,26+,29?,32?/m1/s1. The van der Waals surface area contributed by atoms with Crippen LogP contribution in [0.15, 0.2) is 48.5 Å². The molecule has 2 aliphatic heterocycles. The van der Waals surface area contributed by atoms with Crippen LogP contribution < -0.4 is 5.32 Å². The van der Waals surface area contributed by atoms with Crippen LogP contribution in [0.1, 0.15) is 51.0 Å². The van der Waals surface area contributed by atoms with Gasteiger partial charge in [-0.1, -0.05) is 56.7 Å². The van der Waals surface area contributed by atoms with E-state index in [2.05, 4.69) is 10.3 Å². The van der Waals surface area contributed by atoms with Crippen molar-refractivity contribution in [2.24, 2.45) is 5.92 Å². The van der Waals surface area contributed by atoms with Crippen molar-refractivity contribution in [2.45, 2.75) is 64.5 Å². The Balaban J connectivity index is 1.58. The van der Waals surface area contributed by atoms with Crippen molar-refractivity contribution in [1.82, 2.24) is 10.3 Å². The molecular weight excluding hydrogens is 501 g/mol. The third-order valence-corrected chi connectivity index (χ3v) is 8.10. The molecule has 11 heteroatoms. The van der Waals surface area contributed by atoms with Crippen LogP contribution in [-0.2, 0) is 23.7 Å². The first-order chi connectivity index (χ1) is 18.4. The molecule has 0 saturated carbocycles. The topological polar surface area (TPSA) is 132 Å². The van der Waals surface area contributed by atoms with Gasteiger partial charge in [0.1, 0.15) is 24.3 Å². The van der Waals surface area contributed by atoms with E-state index < -0.39 is 54.3 Å². The number of Topliss-reactive ketones (excluding diaryl/α,β-unsaturated/α-hetero) is 1. The molecule has 1 amide bonds. The Hall–Kier alpha value is -3.57. The Labute approximate surface area is 228 Å². The molecule has 0 bridgehead atoms. The van der Waals surface area contributed by atoms with Gasteiger partial charge in [-0.05, 0) is 44.1 Å². The summed E-state index contributed by atoms with van der Waals surface area (Å²) in [6.07, 6.45) is -0.929. The van der Waals surface area contributed by atoms with Crippen molar-refractivity contribution in [3.63, 3.8) is 0 Å². The number of benzene rings is 1. The third kappa shape index (κ3) is 5.33. The van der Waals surface area contributed by atoms with Gasteiger partial charge in [0.05, 0.1) is 11.8 Å². The maximum atomic E-state index is 13.6. The second-order valence-corrected chi connectivity index (χ2v) is 11.4. The molecule has 2 aliphatic rings. The van der Waals surface area contributed by atoms with Gasteiger partial charge < -0.3 is 24.1 Å². The predicted octanol–water partition coefficient (Wildman–Crippen LogP) is 2.49. The first kappa shape index (κ1) is 28.4. The first-order valence-electron chi connectivity index (χ1n) is 13.4. The van der Waals surface area contributed by atoms with E-state index in [1.54, 1.807) is 26.1 Å². The van der Waals surface area contributed by atoms with E-state index in [1.165, 1.54) is 13.0 Å². The number of nitrogens with one attached hydrogen (secondary N) is 1.